The molecule has 0 spiro atoms. The summed E-state index contributed by atoms with van der Waals surface area (Å²) in [5.74, 6) is -0.446. The first-order valence-electron chi connectivity index (χ1n) is 6.60. The summed E-state index contributed by atoms with van der Waals surface area (Å²) in [6.07, 6.45) is 0.125. The molecular weight excluding hydrogens is 316 g/mol. The van der Waals surface area contributed by atoms with Crippen molar-refractivity contribution < 1.29 is 22.1 Å². The number of hydrogen-bond donors (Lipinski definition) is 0. The molecule has 0 aliphatic heterocycles. The van der Waals surface area contributed by atoms with E-state index in [0.717, 1.165) is 5.56 Å². The lowest BCUT2D eigenvalue weighted by Crippen LogP contribution is -2.26. The predicted octanol–water partition coefficient (Wildman–Crippen LogP) is 2.65. The average molecular weight is 335 g/mol. The summed E-state index contributed by atoms with van der Waals surface area (Å²) in [5, 5.41) is 0. The van der Waals surface area contributed by atoms with E-state index in [0.29, 0.717) is 6.42 Å². The molecule has 118 valence electrons. The molecule has 0 N–H and O–H groups in total. The quantitative estimate of drug-likeness (QED) is 0.415. The lowest BCUT2D eigenvalue weighted by molar-refractivity contribution is -0.149. The van der Waals surface area contributed by atoms with Gasteiger partial charge in [0.15, 0.2) is 0 Å². The van der Waals surface area contributed by atoms with E-state index in [-0.39, 0.29) is 23.8 Å². The van der Waals surface area contributed by atoms with Crippen LogP contribution >= 0.6 is 11.6 Å². The van der Waals surface area contributed by atoms with E-state index in [1.165, 1.54) is 12.1 Å². The molecule has 1 aromatic rings. The highest BCUT2D eigenvalue weighted by molar-refractivity contribution is 7.86. The number of rotatable bonds is 8. The zero-order valence-corrected chi connectivity index (χ0v) is 13.6. The van der Waals surface area contributed by atoms with Crippen molar-refractivity contribution in [3.05, 3.63) is 29.8 Å². The van der Waals surface area contributed by atoms with Crippen LogP contribution in [0.5, 0.6) is 0 Å². The fourth-order valence-electron chi connectivity index (χ4n) is 1.50. The molecule has 0 heterocycles. The first-order chi connectivity index (χ1) is 9.89. The largest absolute Gasteiger partial charge is 0.459 e. The Morgan fingerprint density at radius 2 is 1.90 bits per heavy atom. The Balaban J connectivity index is 2.62. The minimum Gasteiger partial charge on any atom is -0.459 e. The fraction of sp³-hybridized carbons (Fsp3) is 0.500. The van der Waals surface area contributed by atoms with Crippen molar-refractivity contribution in [2.75, 3.05) is 12.5 Å². The highest BCUT2D eigenvalue weighted by atomic mass is 35.5. The highest BCUT2D eigenvalue weighted by Gasteiger charge is 2.20. The minimum absolute atomic E-state index is 0.0289. The van der Waals surface area contributed by atoms with Crippen LogP contribution in [-0.4, -0.2) is 33.0 Å². The third kappa shape index (κ3) is 6.03. The summed E-state index contributed by atoms with van der Waals surface area (Å²) in [5.41, 5.74) is 0.945. The normalized spacial score (nSPS) is 12.9. The summed E-state index contributed by atoms with van der Waals surface area (Å²) in [6.45, 7) is 3.40. The van der Waals surface area contributed by atoms with E-state index in [1.54, 1.807) is 12.1 Å². The van der Waals surface area contributed by atoms with E-state index < -0.39 is 22.2 Å². The third-order valence-corrected chi connectivity index (χ3v) is 4.28. The molecular formula is C14H19ClO5S. The second kappa shape index (κ2) is 8.36. The molecule has 1 rings (SSSR count). The van der Waals surface area contributed by atoms with E-state index in [1.807, 2.05) is 13.8 Å². The van der Waals surface area contributed by atoms with Crippen molar-refractivity contribution in [3.63, 3.8) is 0 Å². The van der Waals surface area contributed by atoms with Crippen molar-refractivity contribution in [3.8, 4) is 0 Å². The topological polar surface area (TPSA) is 69.7 Å². The Morgan fingerprint density at radius 3 is 2.43 bits per heavy atom. The number of benzene rings is 1. The monoisotopic (exact) mass is 334 g/mol. The Kier molecular flexibility index (Phi) is 7.14. The Morgan fingerprint density at radius 1 is 1.29 bits per heavy atom. The molecule has 21 heavy (non-hydrogen) atoms. The van der Waals surface area contributed by atoms with E-state index in [2.05, 4.69) is 0 Å². The van der Waals surface area contributed by atoms with Crippen LogP contribution in [-0.2, 0) is 23.8 Å². The smallest absolute Gasteiger partial charge is 0.306 e. The van der Waals surface area contributed by atoms with Gasteiger partial charge < -0.3 is 4.74 Å². The SMILES string of the molecule is CCCC(=O)OC(CCl)COS(=O)(=O)c1ccc(C)cc1. The summed E-state index contributed by atoms with van der Waals surface area (Å²) >= 11 is 5.66. The molecule has 1 aromatic carbocycles. The van der Waals surface area contributed by atoms with Gasteiger partial charge in [-0.15, -0.1) is 11.6 Å². The number of halogens is 1. The van der Waals surface area contributed by atoms with E-state index in [4.69, 9.17) is 20.5 Å². The molecule has 0 bridgehead atoms. The summed E-state index contributed by atoms with van der Waals surface area (Å²) < 4.78 is 33.9. The van der Waals surface area contributed by atoms with Gasteiger partial charge in [-0.2, -0.15) is 8.42 Å². The molecule has 0 saturated carbocycles. The van der Waals surface area contributed by atoms with Gasteiger partial charge in [-0.25, -0.2) is 0 Å². The van der Waals surface area contributed by atoms with Gasteiger partial charge in [0, 0.05) is 6.42 Å². The maximum Gasteiger partial charge on any atom is 0.306 e. The van der Waals surface area contributed by atoms with Crippen LogP contribution in [0.1, 0.15) is 25.3 Å². The summed E-state index contributed by atoms with van der Waals surface area (Å²) in [4.78, 5) is 11.4. The second-order valence-electron chi connectivity index (χ2n) is 4.57. The van der Waals surface area contributed by atoms with Crippen LogP contribution in [0.4, 0.5) is 0 Å². The average Bonchev–Trinajstić information content (AvgIpc) is 2.44. The van der Waals surface area contributed by atoms with Crippen molar-refractivity contribution in [1.82, 2.24) is 0 Å². The zero-order valence-electron chi connectivity index (χ0n) is 12.0. The molecule has 0 amide bonds. The van der Waals surface area contributed by atoms with Crippen molar-refractivity contribution in [2.24, 2.45) is 0 Å². The van der Waals surface area contributed by atoms with Crippen LogP contribution in [0.3, 0.4) is 0 Å². The first kappa shape index (κ1) is 17.9. The van der Waals surface area contributed by atoms with Gasteiger partial charge in [0.2, 0.25) is 0 Å². The van der Waals surface area contributed by atoms with Crippen LogP contribution in [0.2, 0.25) is 0 Å². The molecule has 0 aliphatic rings. The van der Waals surface area contributed by atoms with Gasteiger partial charge in [-0.1, -0.05) is 24.6 Å². The summed E-state index contributed by atoms with van der Waals surface area (Å²) in [7, 11) is -3.88. The first-order valence-corrected chi connectivity index (χ1v) is 8.55. The lowest BCUT2D eigenvalue weighted by atomic mass is 10.2. The maximum absolute atomic E-state index is 12.0. The van der Waals surface area contributed by atoms with Gasteiger partial charge in [-0.3, -0.25) is 8.98 Å². The van der Waals surface area contributed by atoms with Crippen LogP contribution < -0.4 is 0 Å². The molecule has 7 heteroatoms. The van der Waals surface area contributed by atoms with Crippen LogP contribution in [0.25, 0.3) is 0 Å². The molecule has 0 saturated heterocycles. The van der Waals surface area contributed by atoms with Crippen molar-refractivity contribution in [2.45, 2.75) is 37.7 Å². The molecule has 0 fully saturated rings. The highest BCUT2D eigenvalue weighted by Crippen LogP contribution is 2.14. The molecule has 0 aliphatic carbocycles. The van der Waals surface area contributed by atoms with Crippen molar-refractivity contribution in [1.29, 1.82) is 0 Å². The van der Waals surface area contributed by atoms with Gasteiger partial charge in [0.05, 0.1) is 10.8 Å². The second-order valence-corrected chi connectivity index (χ2v) is 6.49. The molecule has 0 aromatic heterocycles. The molecule has 0 radical (unpaired) electrons. The maximum atomic E-state index is 12.0. The van der Waals surface area contributed by atoms with E-state index >= 15 is 0 Å². The zero-order chi connectivity index (χ0) is 15.9. The number of alkyl halides is 1. The lowest BCUT2D eigenvalue weighted by Gasteiger charge is -2.15. The molecule has 1 unspecified atom stereocenters. The Labute approximate surface area is 130 Å². The number of carbonyl (C=O) groups is 1. The van der Waals surface area contributed by atoms with Gasteiger partial charge >= 0.3 is 5.97 Å². The molecule has 1 atom stereocenters. The van der Waals surface area contributed by atoms with Gasteiger partial charge in [0.25, 0.3) is 10.1 Å². The number of carbonyl (C=O) groups excluding carboxylic acids is 1. The van der Waals surface area contributed by atoms with Gasteiger partial charge in [0.1, 0.15) is 12.7 Å². The summed E-state index contributed by atoms with van der Waals surface area (Å²) in [6, 6.07) is 6.28. The minimum atomic E-state index is -3.88. The molecule has 5 nitrogen and oxygen atoms in total. The Hall–Kier alpha value is -1.11. The Bertz CT molecular complexity index is 553. The third-order valence-electron chi connectivity index (χ3n) is 2.64. The number of ether oxygens (including phenoxy) is 1. The number of esters is 1. The van der Waals surface area contributed by atoms with E-state index in [9.17, 15) is 13.2 Å². The predicted molar refractivity (Wildman–Crippen MR) is 79.8 cm³/mol. The number of hydrogen-bond acceptors (Lipinski definition) is 5. The van der Waals surface area contributed by atoms with Crippen LogP contribution in [0.15, 0.2) is 29.2 Å². The van der Waals surface area contributed by atoms with Crippen LogP contribution in [0, 0.1) is 6.92 Å². The van der Waals surface area contributed by atoms with Gasteiger partial charge in [-0.05, 0) is 25.5 Å². The fourth-order valence-corrected chi connectivity index (χ4v) is 2.59. The number of aryl methyl sites for hydroxylation is 1. The standard InChI is InChI=1S/C14H19ClO5S/c1-3-4-14(16)20-12(9-15)10-19-21(17,18)13-7-5-11(2)6-8-13/h5-8,12H,3-4,9-10H2,1-2H3. The van der Waals surface area contributed by atoms with Crippen molar-refractivity contribution >= 4 is 27.7 Å².